The minimum absolute atomic E-state index is 0.794. The van der Waals surface area contributed by atoms with Gasteiger partial charge in [0.1, 0.15) is 0 Å². The summed E-state index contributed by atoms with van der Waals surface area (Å²) in [5.74, 6) is 0. The van der Waals surface area contributed by atoms with Crippen molar-refractivity contribution >= 4 is 31.5 Å². The summed E-state index contributed by atoms with van der Waals surface area (Å²) < 4.78 is 0. The fraction of sp³-hybridized carbons (Fsp3) is 1.00. The number of hydrogen-bond acceptors (Lipinski definition) is 0. The zero-order valence-electron chi connectivity index (χ0n) is 18.0. The van der Waals surface area contributed by atoms with Crippen LogP contribution in [0.5, 0.6) is 0 Å². The van der Waals surface area contributed by atoms with E-state index in [4.69, 9.17) is 0 Å². The Morgan fingerprint density at radius 2 is 0.792 bits per heavy atom. The summed E-state index contributed by atoms with van der Waals surface area (Å²) in [6.07, 6.45) is 23.4. The Kier molecular flexibility index (Phi) is 32.8. The highest BCUT2D eigenvalue weighted by Crippen LogP contribution is 2.10. The third-order valence-electron chi connectivity index (χ3n) is 4.73. The maximum Gasteiger partial charge on any atom is 0.211 e. The Bertz CT molecular complexity index is 165. The molecule has 0 aromatic rings. The molecular weight excluding hydrogens is 318 g/mol. The lowest BCUT2D eigenvalue weighted by Crippen LogP contribution is -1.90. The van der Waals surface area contributed by atoms with E-state index in [1.165, 1.54) is 124 Å². The van der Waals surface area contributed by atoms with E-state index < -0.39 is 0 Å². The molecule has 0 spiro atoms. The van der Waals surface area contributed by atoms with Gasteiger partial charge in [0, 0.05) is 0 Å². The molecule has 2 heteroatoms. The molecule has 1 radical (unpaired) electrons. The summed E-state index contributed by atoms with van der Waals surface area (Å²) >= 11 is 2.20. The summed E-state index contributed by atoms with van der Waals surface area (Å²) in [5.41, 5.74) is 0. The molecule has 0 aliphatic carbocycles. The van der Waals surface area contributed by atoms with E-state index in [1.54, 1.807) is 10.6 Å². The van der Waals surface area contributed by atoms with Crippen molar-refractivity contribution in [3.05, 3.63) is 0 Å². The zero-order valence-corrected chi connectivity index (χ0v) is 21.2. The molecule has 0 aromatic heterocycles. The van der Waals surface area contributed by atoms with Gasteiger partial charge in [-0.3, -0.25) is 0 Å². The van der Waals surface area contributed by atoms with E-state index in [-0.39, 0.29) is 0 Å². The van der Waals surface area contributed by atoms with Crippen LogP contribution in [0.2, 0.25) is 15.8 Å². The Balaban J connectivity index is 0. The standard InChI is InChI=1S/2C8H17.C6H13.2Al.2H/c2*1-3-5-7-8-6-4-2;1-3-5-6-4-2;;;;/h2*1,3-8H2,2H3;1,3-6H2,2H3;;;;. The molecule has 0 heterocycles. The van der Waals surface area contributed by atoms with Gasteiger partial charge in [-0.1, -0.05) is 124 Å². The van der Waals surface area contributed by atoms with E-state index in [1.807, 2.05) is 0 Å². The molecule has 0 saturated heterocycles. The van der Waals surface area contributed by atoms with Crippen molar-refractivity contribution in [3.63, 3.8) is 0 Å². The van der Waals surface area contributed by atoms with Crippen LogP contribution in [0.15, 0.2) is 0 Å². The Hall–Kier alpha value is 1.06. The fourth-order valence-electron chi connectivity index (χ4n) is 2.96. The first kappa shape index (κ1) is 27.3. The third kappa shape index (κ3) is 30.9. The van der Waals surface area contributed by atoms with Gasteiger partial charge in [0.15, 0.2) is 15.2 Å². The van der Waals surface area contributed by atoms with Gasteiger partial charge in [-0.25, -0.2) is 0 Å². The van der Waals surface area contributed by atoms with Gasteiger partial charge >= 0.3 is 0 Å². The summed E-state index contributed by atoms with van der Waals surface area (Å²) in [6.45, 7) is 6.85. The highest BCUT2D eigenvalue weighted by atomic mass is 27.1. The maximum absolute atomic E-state index is 2.30. The predicted octanol–water partition coefficient (Wildman–Crippen LogP) is 7.87. The number of unbranched alkanes of at least 4 members (excludes halogenated alkanes) is 13. The largest absolute Gasteiger partial charge is 0.211 e. The topological polar surface area (TPSA) is 0 Å². The van der Waals surface area contributed by atoms with Gasteiger partial charge in [0.25, 0.3) is 0 Å². The normalized spacial score (nSPS) is 10.3. The van der Waals surface area contributed by atoms with Crippen molar-refractivity contribution in [1.82, 2.24) is 0 Å². The van der Waals surface area contributed by atoms with Crippen LogP contribution >= 0.6 is 0 Å². The van der Waals surface area contributed by atoms with E-state index in [9.17, 15) is 0 Å². The summed E-state index contributed by atoms with van der Waals surface area (Å²) in [6, 6.07) is 0. The highest BCUT2D eigenvalue weighted by molar-refractivity contribution is 6.35. The van der Waals surface area contributed by atoms with Crippen molar-refractivity contribution in [3.8, 4) is 0 Å². The van der Waals surface area contributed by atoms with Crippen LogP contribution in [-0.4, -0.2) is 31.5 Å². The minimum atomic E-state index is 0.794. The smallest absolute Gasteiger partial charge is 0.104 e. The first-order valence-electron chi connectivity index (χ1n) is 11.6. The van der Waals surface area contributed by atoms with Crippen molar-refractivity contribution in [2.45, 2.75) is 139 Å². The Labute approximate surface area is 170 Å². The van der Waals surface area contributed by atoms with E-state index in [0.29, 0.717) is 0 Å². The number of rotatable bonds is 18. The van der Waals surface area contributed by atoms with Crippen LogP contribution in [-0.2, 0) is 0 Å². The second kappa shape index (κ2) is 28.9. The van der Waals surface area contributed by atoms with E-state index in [0.717, 1.165) is 15.2 Å². The molecule has 0 unspecified atom stereocenters. The van der Waals surface area contributed by atoms with E-state index >= 15 is 0 Å². The molecule has 24 heavy (non-hydrogen) atoms. The van der Waals surface area contributed by atoms with Crippen LogP contribution in [0.1, 0.15) is 124 Å². The molecule has 0 bridgehead atoms. The van der Waals surface area contributed by atoms with Crippen LogP contribution in [0.25, 0.3) is 0 Å². The van der Waals surface area contributed by atoms with E-state index in [2.05, 4.69) is 20.8 Å². The SMILES string of the molecule is CCCCCCC[CH2][Al][CH2]CCCCCCC.CCCCC[CH2][AlH2]. The van der Waals surface area contributed by atoms with Crippen LogP contribution < -0.4 is 0 Å². The number of hydrogen-bond donors (Lipinski definition) is 0. The molecule has 0 fully saturated rings. The van der Waals surface area contributed by atoms with Crippen molar-refractivity contribution in [1.29, 1.82) is 0 Å². The van der Waals surface area contributed by atoms with Gasteiger partial charge < -0.3 is 0 Å². The molecule has 0 aliphatic rings. The van der Waals surface area contributed by atoms with Gasteiger partial charge in [-0.15, -0.1) is 15.8 Å². The molecule has 0 amide bonds. The van der Waals surface area contributed by atoms with Gasteiger partial charge in [-0.2, -0.15) is 0 Å². The molecule has 0 nitrogen and oxygen atoms in total. The van der Waals surface area contributed by atoms with Crippen LogP contribution in [0, 0.1) is 0 Å². The lowest BCUT2D eigenvalue weighted by Gasteiger charge is -2.01. The fourth-order valence-corrected chi connectivity index (χ4v) is 4.90. The van der Waals surface area contributed by atoms with Crippen molar-refractivity contribution < 1.29 is 0 Å². The average molecular weight is 368 g/mol. The highest BCUT2D eigenvalue weighted by Gasteiger charge is 1.95. The quantitative estimate of drug-likeness (QED) is 0.171. The maximum atomic E-state index is 2.30. The Morgan fingerprint density at radius 3 is 1.17 bits per heavy atom. The predicted molar refractivity (Wildman–Crippen MR) is 120 cm³/mol. The molecule has 0 aromatic carbocycles. The molecule has 0 saturated carbocycles. The summed E-state index contributed by atoms with van der Waals surface area (Å²) in [5, 5.41) is 4.64. The van der Waals surface area contributed by atoms with Gasteiger partial charge in [0.2, 0.25) is 16.3 Å². The molecule has 143 valence electrons. The zero-order chi connectivity index (χ0) is 18.1. The second-order valence-corrected chi connectivity index (χ2v) is 10.2. The second-order valence-electron chi connectivity index (χ2n) is 7.46. The molecule has 0 atom stereocenters. The first-order chi connectivity index (χ1) is 11.8. The van der Waals surface area contributed by atoms with Crippen molar-refractivity contribution in [2.75, 3.05) is 0 Å². The van der Waals surface area contributed by atoms with Crippen LogP contribution in [0.4, 0.5) is 0 Å². The first-order valence-corrected chi connectivity index (χ1v) is 14.7. The Morgan fingerprint density at radius 1 is 0.458 bits per heavy atom. The molecule has 0 aliphatic heterocycles. The van der Waals surface area contributed by atoms with Gasteiger partial charge in [-0.05, 0) is 0 Å². The molecular formula is C22H49Al2. The van der Waals surface area contributed by atoms with Crippen LogP contribution in [0.3, 0.4) is 0 Å². The minimum Gasteiger partial charge on any atom is -0.104 e. The lowest BCUT2D eigenvalue weighted by molar-refractivity contribution is 0.618. The molecule has 0 N–H and O–H groups in total. The monoisotopic (exact) mass is 367 g/mol. The summed E-state index contributed by atoms with van der Waals surface area (Å²) in [7, 11) is 0. The lowest BCUT2D eigenvalue weighted by atomic mass is 10.1. The van der Waals surface area contributed by atoms with Crippen molar-refractivity contribution in [2.24, 2.45) is 0 Å². The molecule has 0 rings (SSSR count). The average Bonchev–Trinajstić information content (AvgIpc) is 2.60. The third-order valence-corrected chi connectivity index (χ3v) is 7.07. The summed E-state index contributed by atoms with van der Waals surface area (Å²) in [4.78, 5) is 0. The van der Waals surface area contributed by atoms with Gasteiger partial charge in [0.05, 0.1) is 0 Å².